The zero-order valence-electron chi connectivity index (χ0n) is 15.2. The summed E-state index contributed by atoms with van der Waals surface area (Å²) >= 11 is 0. The number of benzene rings is 1. The molecule has 5 nitrogen and oxygen atoms in total. The third kappa shape index (κ3) is 2.87. The van der Waals surface area contributed by atoms with E-state index in [0.717, 1.165) is 47.7 Å². The van der Waals surface area contributed by atoms with Gasteiger partial charge in [0.2, 0.25) is 5.56 Å². The van der Waals surface area contributed by atoms with Gasteiger partial charge in [0.15, 0.2) is 0 Å². The highest BCUT2D eigenvalue weighted by molar-refractivity contribution is 5.65. The summed E-state index contributed by atoms with van der Waals surface area (Å²) in [5, 5.41) is 4.85. The molecule has 0 aliphatic carbocycles. The molecule has 5 rings (SSSR count). The first-order chi connectivity index (χ1) is 13.7. The second kappa shape index (κ2) is 6.64. The highest BCUT2D eigenvalue weighted by atomic mass is 19.1. The van der Waals surface area contributed by atoms with Gasteiger partial charge in [0.25, 0.3) is 0 Å². The summed E-state index contributed by atoms with van der Waals surface area (Å²) in [6.07, 6.45) is 2.00. The molecule has 0 spiro atoms. The van der Waals surface area contributed by atoms with Crippen molar-refractivity contribution in [3.05, 3.63) is 88.5 Å². The molecule has 3 aromatic heterocycles. The Morgan fingerprint density at radius 1 is 1.04 bits per heavy atom. The first-order valence-corrected chi connectivity index (χ1v) is 9.40. The molecular weight excluding hydrogens is 355 g/mol. The number of aromatic amines is 1. The third-order valence-electron chi connectivity index (χ3n) is 5.32. The number of rotatable bonds is 3. The number of halogens is 1. The standard InChI is InChI=1S/C22H19FN4O/c23-16-5-1-4-15(14-16)19-7-3-13-26(19)21-12-10-17-9-11-20(27(17)25-21)18-6-2-8-22(28)24-18/h1-2,4-6,8-12,14,19H,3,7,13H2,(H,24,28). The van der Waals surface area contributed by atoms with Gasteiger partial charge in [0.05, 0.1) is 22.9 Å². The minimum atomic E-state index is -0.214. The summed E-state index contributed by atoms with van der Waals surface area (Å²) in [5.74, 6) is 0.628. The molecule has 0 bridgehead atoms. The van der Waals surface area contributed by atoms with Crippen molar-refractivity contribution in [1.82, 2.24) is 14.6 Å². The molecule has 28 heavy (non-hydrogen) atoms. The Morgan fingerprint density at radius 3 is 2.75 bits per heavy atom. The van der Waals surface area contributed by atoms with Crippen molar-refractivity contribution in [2.45, 2.75) is 18.9 Å². The fraction of sp³-hybridized carbons (Fsp3) is 0.182. The molecule has 0 amide bonds. The van der Waals surface area contributed by atoms with Crippen LogP contribution >= 0.6 is 0 Å². The zero-order valence-corrected chi connectivity index (χ0v) is 15.2. The normalized spacial score (nSPS) is 16.8. The molecule has 6 heteroatoms. The van der Waals surface area contributed by atoms with Crippen LogP contribution in [0.4, 0.5) is 10.2 Å². The van der Waals surface area contributed by atoms with Crippen LogP contribution in [0.5, 0.6) is 0 Å². The van der Waals surface area contributed by atoms with Crippen LogP contribution in [0.25, 0.3) is 16.9 Å². The Balaban J connectivity index is 1.57. The van der Waals surface area contributed by atoms with Crippen molar-refractivity contribution in [2.75, 3.05) is 11.4 Å². The summed E-state index contributed by atoms with van der Waals surface area (Å²) in [6, 6.07) is 20.0. The van der Waals surface area contributed by atoms with E-state index in [9.17, 15) is 9.18 Å². The lowest BCUT2D eigenvalue weighted by Crippen LogP contribution is -2.24. The number of aromatic nitrogens is 3. The molecule has 1 aliphatic heterocycles. The van der Waals surface area contributed by atoms with Gasteiger partial charge in [-0.25, -0.2) is 8.91 Å². The first-order valence-electron chi connectivity index (χ1n) is 9.40. The SMILES string of the molecule is O=c1cccc(-c2ccc3ccc(N4CCCC4c4cccc(F)c4)nn23)[nH]1. The smallest absolute Gasteiger partial charge is 0.248 e. The van der Waals surface area contributed by atoms with Crippen molar-refractivity contribution in [1.29, 1.82) is 0 Å². The van der Waals surface area contributed by atoms with E-state index < -0.39 is 0 Å². The average molecular weight is 374 g/mol. The number of nitrogens with one attached hydrogen (secondary N) is 1. The summed E-state index contributed by atoms with van der Waals surface area (Å²) in [5.41, 5.74) is 3.33. The number of pyridine rings is 1. The molecule has 140 valence electrons. The quantitative estimate of drug-likeness (QED) is 0.586. The van der Waals surface area contributed by atoms with E-state index in [1.165, 1.54) is 12.1 Å². The monoisotopic (exact) mass is 374 g/mol. The molecule has 4 aromatic rings. The van der Waals surface area contributed by atoms with Gasteiger partial charge >= 0.3 is 0 Å². The summed E-state index contributed by atoms with van der Waals surface area (Å²) in [7, 11) is 0. The first kappa shape index (κ1) is 16.7. The molecule has 1 fully saturated rings. The third-order valence-corrected chi connectivity index (χ3v) is 5.32. The second-order valence-corrected chi connectivity index (χ2v) is 7.08. The molecule has 1 aliphatic rings. The van der Waals surface area contributed by atoms with E-state index in [1.54, 1.807) is 18.2 Å². The van der Waals surface area contributed by atoms with E-state index in [2.05, 4.69) is 9.88 Å². The largest absolute Gasteiger partial charge is 0.348 e. The summed E-state index contributed by atoms with van der Waals surface area (Å²) in [4.78, 5) is 16.8. The van der Waals surface area contributed by atoms with E-state index in [4.69, 9.17) is 5.10 Å². The molecular formula is C22H19FN4O. The van der Waals surface area contributed by atoms with Crippen LogP contribution in [-0.4, -0.2) is 21.1 Å². The Labute approximate surface area is 161 Å². The van der Waals surface area contributed by atoms with Crippen molar-refractivity contribution >= 4 is 11.3 Å². The van der Waals surface area contributed by atoms with Crippen LogP contribution in [0.1, 0.15) is 24.4 Å². The molecule has 1 aromatic carbocycles. The Kier molecular flexibility index (Phi) is 3.97. The topological polar surface area (TPSA) is 53.4 Å². The second-order valence-electron chi connectivity index (χ2n) is 7.08. The molecule has 1 saturated heterocycles. The van der Waals surface area contributed by atoms with E-state index in [0.29, 0.717) is 0 Å². The Bertz CT molecular complexity index is 1210. The van der Waals surface area contributed by atoms with Gasteiger partial charge in [-0.2, -0.15) is 0 Å². The Morgan fingerprint density at radius 2 is 1.89 bits per heavy atom. The van der Waals surface area contributed by atoms with E-state index in [-0.39, 0.29) is 17.4 Å². The van der Waals surface area contributed by atoms with Gasteiger partial charge < -0.3 is 9.88 Å². The highest BCUT2D eigenvalue weighted by Crippen LogP contribution is 2.35. The average Bonchev–Trinajstić information content (AvgIpc) is 3.34. The lowest BCUT2D eigenvalue weighted by molar-refractivity contribution is 0.617. The van der Waals surface area contributed by atoms with E-state index >= 15 is 0 Å². The van der Waals surface area contributed by atoms with Crippen LogP contribution in [0, 0.1) is 5.82 Å². The van der Waals surface area contributed by atoms with Crippen LogP contribution in [0.3, 0.4) is 0 Å². The van der Waals surface area contributed by atoms with Crippen LogP contribution < -0.4 is 10.5 Å². The molecule has 4 heterocycles. The number of hydrogen-bond donors (Lipinski definition) is 1. The van der Waals surface area contributed by atoms with Crippen molar-refractivity contribution in [2.24, 2.45) is 0 Å². The summed E-state index contributed by atoms with van der Waals surface area (Å²) in [6.45, 7) is 0.873. The Hall–Kier alpha value is -3.41. The number of nitrogens with zero attached hydrogens (tertiary/aromatic N) is 3. The molecule has 1 N–H and O–H groups in total. The van der Waals surface area contributed by atoms with Crippen molar-refractivity contribution < 1.29 is 4.39 Å². The van der Waals surface area contributed by atoms with E-state index in [1.807, 2.05) is 40.9 Å². The van der Waals surface area contributed by atoms with Crippen LogP contribution in [0.2, 0.25) is 0 Å². The van der Waals surface area contributed by atoms with Crippen molar-refractivity contribution in [3.63, 3.8) is 0 Å². The van der Waals surface area contributed by atoms with Gasteiger partial charge in [0.1, 0.15) is 11.6 Å². The number of hydrogen-bond acceptors (Lipinski definition) is 3. The molecule has 0 saturated carbocycles. The predicted octanol–water partition coefficient (Wildman–Crippen LogP) is 4.17. The number of anilines is 1. The zero-order chi connectivity index (χ0) is 19.1. The highest BCUT2D eigenvalue weighted by Gasteiger charge is 2.27. The summed E-state index contributed by atoms with van der Waals surface area (Å²) < 4.78 is 15.6. The van der Waals surface area contributed by atoms with Crippen LogP contribution in [-0.2, 0) is 0 Å². The van der Waals surface area contributed by atoms with Gasteiger partial charge in [0, 0.05) is 12.6 Å². The van der Waals surface area contributed by atoms with Gasteiger partial charge in [-0.15, -0.1) is 5.10 Å². The maximum absolute atomic E-state index is 13.7. The van der Waals surface area contributed by atoms with Gasteiger partial charge in [-0.3, -0.25) is 4.79 Å². The van der Waals surface area contributed by atoms with Crippen molar-refractivity contribution in [3.8, 4) is 11.4 Å². The minimum absolute atomic E-state index is 0.108. The molecule has 1 unspecified atom stereocenters. The van der Waals surface area contributed by atoms with Gasteiger partial charge in [-0.1, -0.05) is 18.2 Å². The maximum Gasteiger partial charge on any atom is 0.248 e. The lowest BCUT2D eigenvalue weighted by atomic mass is 10.0. The predicted molar refractivity (Wildman–Crippen MR) is 107 cm³/mol. The fourth-order valence-electron chi connectivity index (χ4n) is 4.03. The molecule has 0 radical (unpaired) electrons. The minimum Gasteiger partial charge on any atom is -0.348 e. The van der Waals surface area contributed by atoms with Crippen LogP contribution in [0.15, 0.2) is 71.5 Å². The maximum atomic E-state index is 13.7. The van der Waals surface area contributed by atoms with Gasteiger partial charge in [-0.05, 0) is 60.9 Å². The number of H-pyrrole nitrogens is 1. The molecule has 1 atom stereocenters. The fourth-order valence-corrected chi connectivity index (χ4v) is 4.03. The number of fused-ring (bicyclic) bond motifs is 1. The lowest BCUT2D eigenvalue weighted by Gasteiger charge is -2.26.